The second-order valence-corrected chi connectivity index (χ2v) is 7.03. The fourth-order valence-corrected chi connectivity index (χ4v) is 3.67. The molecule has 0 spiro atoms. The summed E-state index contributed by atoms with van der Waals surface area (Å²) in [6.07, 6.45) is 3.20. The van der Waals surface area contributed by atoms with E-state index in [0.717, 1.165) is 0 Å². The van der Waals surface area contributed by atoms with Crippen LogP contribution in [0.15, 0.2) is 23.5 Å². The summed E-state index contributed by atoms with van der Waals surface area (Å²) in [6.45, 7) is 4.14. The summed E-state index contributed by atoms with van der Waals surface area (Å²) in [5.74, 6) is -0.759. The third-order valence-corrected chi connectivity index (χ3v) is 4.69. The zero-order valence-electron chi connectivity index (χ0n) is 14.6. The molecule has 0 aromatic carbocycles. The van der Waals surface area contributed by atoms with Gasteiger partial charge in [0.2, 0.25) is 5.95 Å². The molecule has 2 saturated heterocycles. The predicted octanol–water partition coefficient (Wildman–Crippen LogP) is -0.589. The molecule has 4 atom stereocenters. The first-order valence-electron chi connectivity index (χ1n) is 8.49. The van der Waals surface area contributed by atoms with Gasteiger partial charge in [-0.1, -0.05) is 5.21 Å². The predicted molar refractivity (Wildman–Crippen MR) is 90.3 cm³/mol. The normalized spacial score (nSPS) is 29.4. The maximum absolute atomic E-state index is 12.1. The minimum atomic E-state index is -0.766. The zero-order chi connectivity index (χ0) is 18.8. The molecule has 0 saturated carbocycles. The van der Waals surface area contributed by atoms with Crippen LogP contribution in [0.5, 0.6) is 0 Å². The number of nitrogens with zero attached hydrogens (tertiary/aromatic N) is 6. The largest absolute Gasteiger partial charge is 0.369 e. The quantitative estimate of drug-likeness (QED) is 0.613. The average molecular weight is 374 g/mol. The Balaban J connectivity index is 1.55. The summed E-state index contributed by atoms with van der Waals surface area (Å²) in [7, 11) is 0. The Morgan fingerprint density at radius 3 is 2.93 bits per heavy atom. The van der Waals surface area contributed by atoms with E-state index in [0.29, 0.717) is 12.2 Å². The number of aromatic nitrogens is 7. The van der Waals surface area contributed by atoms with Gasteiger partial charge >= 0.3 is 0 Å². The van der Waals surface area contributed by atoms with Crippen molar-refractivity contribution in [2.75, 3.05) is 5.73 Å². The van der Waals surface area contributed by atoms with Crippen LogP contribution in [0.1, 0.15) is 20.1 Å². The van der Waals surface area contributed by atoms with E-state index in [1.807, 2.05) is 13.8 Å². The van der Waals surface area contributed by atoms with Crippen molar-refractivity contribution in [3.8, 4) is 0 Å². The van der Waals surface area contributed by atoms with E-state index >= 15 is 0 Å². The van der Waals surface area contributed by atoms with Crippen molar-refractivity contribution in [2.24, 2.45) is 0 Å². The highest BCUT2D eigenvalue weighted by Crippen LogP contribution is 2.43. The number of hydrogen-bond donors (Lipinski definition) is 2. The van der Waals surface area contributed by atoms with Crippen LogP contribution < -0.4 is 11.3 Å². The molecule has 2 fully saturated rings. The molecule has 0 aliphatic carbocycles. The molecule has 5 heterocycles. The van der Waals surface area contributed by atoms with E-state index in [4.69, 9.17) is 19.9 Å². The molecule has 0 radical (unpaired) electrons. The van der Waals surface area contributed by atoms with Gasteiger partial charge in [-0.05, 0) is 13.8 Å². The summed E-state index contributed by atoms with van der Waals surface area (Å²) in [6, 6.07) is 0. The lowest BCUT2D eigenvalue weighted by atomic mass is 10.1. The van der Waals surface area contributed by atoms with Gasteiger partial charge in [-0.2, -0.15) is 4.98 Å². The van der Waals surface area contributed by atoms with Gasteiger partial charge in [0.25, 0.3) is 5.56 Å². The van der Waals surface area contributed by atoms with E-state index in [1.165, 1.54) is 6.33 Å². The molecule has 27 heavy (non-hydrogen) atoms. The highest BCUT2D eigenvalue weighted by molar-refractivity contribution is 5.70. The Kier molecular flexibility index (Phi) is 3.38. The summed E-state index contributed by atoms with van der Waals surface area (Å²) in [5.41, 5.74) is 5.80. The number of rotatable bonds is 3. The first-order chi connectivity index (χ1) is 12.9. The number of nitrogen functional groups attached to an aromatic ring is 1. The molecule has 2 aliphatic rings. The van der Waals surface area contributed by atoms with Crippen molar-refractivity contribution < 1.29 is 14.2 Å². The maximum Gasteiger partial charge on any atom is 0.280 e. The van der Waals surface area contributed by atoms with Gasteiger partial charge in [0.15, 0.2) is 23.2 Å². The maximum atomic E-state index is 12.1. The fourth-order valence-electron chi connectivity index (χ4n) is 3.67. The minimum Gasteiger partial charge on any atom is -0.369 e. The number of nitrogens with two attached hydrogens (primary N) is 1. The number of fused-ring (bicyclic) bond motifs is 2. The van der Waals surface area contributed by atoms with E-state index in [1.54, 1.807) is 21.6 Å². The number of imidazole rings is 1. The van der Waals surface area contributed by atoms with Crippen LogP contribution in [-0.2, 0) is 20.8 Å². The van der Waals surface area contributed by atoms with Crippen molar-refractivity contribution in [3.05, 3.63) is 29.1 Å². The number of ether oxygens (including phenoxy) is 3. The number of hydrogen-bond acceptors (Lipinski definition) is 9. The van der Waals surface area contributed by atoms with Crippen molar-refractivity contribution in [1.82, 2.24) is 34.5 Å². The Bertz CT molecular complexity index is 1040. The van der Waals surface area contributed by atoms with Crippen LogP contribution in [0.25, 0.3) is 11.2 Å². The Morgan fingerprint density at radius 2 is 2.15 bits per heavy atom. The van der Waals surface area contributed by atoms with Crippen LogP contribution in [0.3, 0.4) is 0 Å². The third kappa shape index (κ3) is 2.60. The van der Waals surface area contributed by atoms with Crippen LogP contribution in [-0.4, -0.2) is 58.6 Å². The van der Waals surface area contributed by atoms with Crippen molar-refractivity contribution in [1.29, 1.82) is 0 Å². The van der Waals surface area contributed by atoms with Crippen molar-refractivity contribution in [2.45, 2.75) is 50.7 Å². The lowest BCUT2D eigenvalue weighted by Gasteiger charge is -2.24. The van der Waals surface area contributed by atoms with Crippen molar-refractivity contribution >= 4 is 17.1 Å². The van der Waals surface area contributed by atoms with E-state index in [9.17, 15) is 4.79 Å². The molecule has 12 nitrogen and oxygen atoms in total. The van der Waals surface area contributed by atoms with Gasteiger partial charge < -0.3 is 19.9 Å². The van der Waals surface area contributed by atoms with Crippen LogP contribution >= 0.6 is 0 Å². The Hall–Kier alpha value is -2.83. The lowest BCUT2D eigenvalue weighted by Crippen LogP contribution is -2.33. The SMILES string of the molecule is CC1(C)O[C@@H]2[C@H](O1)[C@@H](Cn1ccnn1)O[C@H]2n1cnc2c(=O)[nH]c(N)nc21. The Labute approximate surface area is 152 Å². The zero-order valence-corrected chi connectivity index (χ0v) is 14.6. The molecule has 3 aromatic heterocycles. The number of H-pyrrole nitrogens is 1. The number of anilines is 1. The number of nitrogens with one attached hydrogen (secondary N) is 1. The average Bonchev–Trinajstić information content (AvgIpc) is 3.33. The van der Waals surface area contributed by atoms with Crippen LogP contribution in [0.4, 0.5) is 5.95 Å². The summed E-state index contributed by atoms with van der Waals surface area (Å²) < 4.78 is 21.7. The summed E-state index contributed by atoms with van der Waals surface area (Å²) >= 11 is 0. The monoisotopic (exact) mass is 374 g/mol. The van der Waals surface area contributed by atoms with Gasteiger partial charge in [-0.25, -0.2) is 9.67 Å². The van der Waals surface area contributed by atoms with Gasteiger partial charge in [-0.15, -0.1) is 5.10 Å². The van der Waals surface area contributed by atoms with Crippen molar-refractivity contribution in [3.63, 3.8) is 0 Å². The highest BCUT2D eigenvalue weighted by atomic mass is 16.8. The van der Waals surface area contributed by atoms with E-state index in [-0.39, 0.29) is 23.7 Å². The lowest BCUT2D eigenvalue weighted by molar-refractivity contribution is -0.197. The second kappa shape index (κ2) is 5.58. The molecule has 0 amide bonds. The van der Waals surface area contributed by atoms with Crippen LogP contribution in [0, 0.1) is 0 Å². The molecule has 142 valence electrons. The van der Waals surface area contributed by atoms with Gasteiger partial charge in [0.1, 0.15) is 18.3 Å². The van der Waals surface area contributed by atoms with Gasteiger partial charge in [-0.3, -0.25) is 14.3 Å². The molecule has 0 unspecified atom stereocenters. The molecule has 5 rings (SSSR count). The molecule has 3 N–H and O–H groups in total. The smallest absolute Gasteiger partial charge is 0.280 e. The highest BCUT2D eigenvalue weighted by Gasteiger charge is 2.56. The molecule has 2 aliphatic heterocycles. The molecular formula is C15H18N8O4. The summed E-state index contributed by atoms with van der Waals surface area (Å²) in [4.78, 5) is 22.9. The number of aromatic amines is 1. The summed E-state index contributed by atoms with van der Waals surface area (Å²) in [5, 5.41) is 7.80. The molecular weight excluding hydrogens is 356 g/mol. The third-order valence-electron chi connectivity index (χ3n) is 4.69. The first kappa shape index (κ1) is 16.4. The van der Waals surface area contributed by atoms with E-state index in [2.05, 4.69) is 25.3 Å². The molecule has 3 aromatic rings. The first-order valence-corrected chi connectivity index (χ1v) is 8.49. The second-order valence-electron chi connectivity index (χ2n) is 7.03. The van der Waals surface area contributed by atoms with E-state index < -0.39 is 23.7 Å². The minimum absolute atomic E-state index is 0.00637. The Morgan fingerprint density at radius 1 is 1.33 bits per heavy atom. The molecule has 12 heteroatoms. The molecule has 0 bridgehead atoms. The van der Waals surface area contributed by atoms with Gasteiger partial charge in [0.05, 0.1) is 19.1 Å². The van der Waals surface area contributed by atoms with Gasteiger partial charge in [0, 0.05) is 6.20 Å². The standard InChI is InChI=1S/C15H18N8O4/c1-15(2)26-9-7(5-22-4-3-18-21-22)25-13(10(9)27-15)23-6-17-8-11(23)19-14(16)20-12(8)24/h3-4,6-7,9-10,13H,5H2,1-2H3,(H3,16,19,20,24)/t7-,9-,10-,13-/m1/s1. The van der Waals surface area contributed by atoms with Crippen LogP contribution in [0.2, 0.25) is 0 Å². The topological polar surface area (TPSA) is 148 Å². The fraction of sp³-hybridized carbons (Fsp3) is 0.533.